The highest BCUT2D eigenvalue weighted by Gasteiger charge is 2.20. The number of aromatic nitrogens is 2. The van der Waals surface area contributed by atoms with Gasteiger partial charge in [-0.3, -0.25) is 0 Å². The van der Waals surface area contributed by atoms with Crippen LogP contribution in [0, 0.1) is 0 Å². The minimum Gasteiger partial charge on any atom is -0.399 e. The summed E-state index contributed by atoms with van der Waals surface area (Å²) in [4.78, 5) is 9.36. The minimum absolute atomic E-state index is 0.395. The number of hydrogen-bond acceptors (Lipinski definition) is 6. The van der Waals surface area contributed by atoms with Crippen molar-refractivity contribution in [3.63, 3.8) is 0 Å². The molecule has 0 aliphatic carbocycles. The number of hydrogen-bond donors (Lipinski definition) is 1. The zero-order chi connectivity index (χ0) is 14.8. The first-order chi connectivity index (χ1) is 10.1. The van der Waals surface area contributed by atoms with Crippen LogP contribution < -0.4 is 15.5 Å². The number of anilines is 3. The molecule has 2 N–H and O–H groups in total. The van der Waals surface area contributed by atoms with Gasteiger partial charge >= 0.3 is 0 Å². The van der Waals surface area contributed by atoms with Crippen LogP contribution in [0.15, 0.2) is 24.3 Å². The third-order valence-electron chi connectivity index (χ3n) is 3.76. The quantitative estimate of drug-likeness (QED) is 0.883. The number of nitrogen functional groups attached to an aromatic ring is 1. The van der Waals surface area contributed by atoms with Crippen molar-refractivity contribution in [1.29, 1.82) is 0 Å². The van der Waals surface area contributed by atoms with E-state index in [0.717, 1.165) is 42.8 Å². The van der Waals surface area contributed by atoms with Gasteiger partial charge in [-0.25, -0.2) is 4.98 Å². The smallest absolute Gasteiger partial charge is 0.205 e. The van der Waals surface area contributed by atoms with Crippen molar-refractivity contribution in [2.24, 2.45) is 0 Å². The summed E-state index contributed by atoms with van der Waals surface area (Å²) in [7, 11) is 0. The van der Waals surface area contributed by atoms with E-state index < -0.39 is 0 Å². The molecule has 3 rings (SSSR count). The largest absolute Gasteiger partial charge is 0.399 e. The highest BCUT2D eigenvalue weighted by atomic mass is 32.1. The fraction of sp³-hybridized carbons (Fsp3) is 0.467. The van der Waals surface area contributed by atoms with Gasteiger partial charge in [0.2, 0.25) is 5.13 Å². The predicted molar refractivity (Wildman–Crippen MR) is 89.3 cm³/mol. The van der Waals surface area contributed by atoms with Crippen molar-refractivity contribution in [3.8, 4) is 0 Å². The van der Waals surface area contributed by atoms with Crippen LogP contribution in [-0.4, -0.2) is 35.5 Å². The first-order valence-corrected chi connectivity index (χ1v) is 8.10. The lowest BCUT2D eigenvalue weighted by molar-refractivity contribution is 0.650. The molecule has 0 saturated carbocycles. The molecule has 1 aliphatic rings. The Bertz CT molecular complexity index is 584. The Morgan fingerprint density at radius 3 is 2.24 bits per heavy atom. The van der Waals surface area contributed by atoms with E-state index in [-0.39, 0.29) is 0 Å². The van der Waals surface area contributed by atoms with Crippen LogP contribution in [0.2, 0.25) is 0 Å². The van der Waals surface area contributed by atoms with Gasteiger partial charge in [-0.1, -0.05) is 13.8 Å². The molecule has 0 spiro atoms. The van der Waals surface area contributed by atoms with E-state index in [4.69, 9.17) is 5.73 Å². The molecular weight excluding hydrogens is 282 g/mol. The van der Waals surface area contributed by atoms with Crippen molar-refractivity contribution >= 4 is 28.0 Å². The number of benzene rings is 1. The van der Waals surface area contributed by atoms with E-state index >= 15 is 0 Å². The average Bonchev–Trinajstić information content (AvgIpc) is 2.98. The highest BCUT2D eigenvalue weighted by Crippen LogP contribution is 2.24. The minimum atomic E-state index is 0.395. The number of rotatable bonds is 3. The third kappa shape index (κ3) is 3.10. The van der Waals surface area contributed by atoms with Gasteiger partial charge in [0, 0.05) is 55.0 Å². The van der Waals surface area contributed by atoms with Crippen LogP contribution in [0.5, 0.6) is 0 Å². The molecule has 0 atom stereocenters. The van der Waals surface area contributed by atoms with Crippen LogP contribution in [-0.2, 0) is 0 Å². The van der Waals surface area contributed by atoms with Crippen molar-refractivity contribution in [2.45, 2.75) is 19.8 Å². The first kappa shape index (κ1) is 14.1. The van der Waals surface area contributed by atoms with Gasteiger partial charge in [-0.05, 0) is 24.3 Å². The van der Waals surface area contributed by atoms with Crippen molar-refractivity contribution in [2.75, 3.05) is 41.7 Å². The number of piperazine rings is 1. The second-order valence-electron chi connectivity index (χ2n) is 5.66. The second kappa shape index (κ2) is 5.89. The summed E-state index contributed by atoms with van der Waals surface area (Å²) in [6, 6.07) is 8.10. The Balaban J connectivity index is 1.63. The molecule has 112 valence electrons. The van der Waals surface area contributed by atoms with E-state index in [2.05, 4.69) is 45.1 Å². The molecule has 6 heteroatoms. The summed E-state index contributed by atoms with van der Waals surface area (Å²) in [5.41, 5.74) is 7.79. The fourth-order valence-electron chi connectivity index (χ4n) is 2.43. The van der Waals surface area contributed by atoms with Crippen molar-refractivity contribution in [1.82, 2.24) is 9.36 Å². The molecule has 0 radical (unpaired) electrons. The summed E-state index contributed by atoms with van der Waals surface area (Å²) in [6.07, 6.45) is 0. The van der Waals surface area contributed by atoms with Gasteiger partial charge in [0.15, 0.2) is 0 Å². The maximum atomic E-state index is 5.74. The first-order valence-electron chi connectivity index (χ1n) is 7.32. The molecule has 0 bridgehead atoms. The Kier molecular flexibility index (Phi) is 3.96. The lowest BCUT2D eigenvalue weighted by atomic mass is 10.2. The van der Waals surface area contributed by atoms with Crippen LogP contribution in [0.3, 0.4) is 0 Å². The molecular formula is C15H21N5S. The maximum Gasteiger partial charge on any atom is 0.205 e. The third-order valence-corrected chi connectivity index (χ3v) is 4.55. The molecule has 5 nitrogen and oxygen atoms in total. The zero-order valence-corrected chi connectivity index (χ0v) is 13.3. The van der Waals surface area contributed by atoms with Crippen LogP contribution in [0.4, 0.5) is 16.5 Å². The van der Waals surface area contributed by atoms with E-state index in [1.165, 1.54) is 17.2 Å². The van der Waals surface area contributed by atoms with Gasteiger partial charge in [0.25, 0.3) is 0 Å². The normalized spacial score (nSPS) is 15.8. The topological polar surface area (TPSA) is 58.3 Å². The summed E-state index contributed by atoms with van der Waals surface area (Å²) in [5.74, 6) is 1.35. The average molecular weight is 303 g/mol. The Hall–Kier alpha value is -1.82. The zero-order valence-electron chi connectivity index (χ0n) is 12.5. The second-order valence-corrected chi connectivity index (χ2v) is 6.39. The van der Waals surface area contributed by atoms with Gasteiger partial charge in [-0.2, -0.15) is 4.37 Å². The molecule has 1 aliphatic heterocycles. The summed E-state index contributed by atoms with van der Waals surface area (Å²) in [5, 5.41) is 1.05. The molecule has 1 saturated heterocycles. The Morgan fingerprint density at radius 1 is 1.05 bits per heavy atom. The maximum absolute atomic E-state index is 5.74. The Labute approximate surface area is 129 Å². The summed E-state index contributed by atoms with van der Waals surface area (Å²) < 4.78 is 4.44. The molecule has 2 heterocycles. The summed E-state index contributed by atoms with van der Waals surface area (Å²) >= 11 is 1.51. The lowest BCUT2D eigenvalue weighted by Gasteiger charge is -2.35. The molecule has 1 aromatic heterocycles. The molecule has 1 aromatic carbocycles. The predicted octanol–water partition coefficient (Wildman–Crippen LogP) is 2.57. The molecule has 0 amide bonds. The number of nitrogens with zero attached hydrogens (tertiary/aromatic N) is 4. The summed E-state index contributed by atoms with van der Waals surface area (Å²) in [6.45, 7) is 8.23. The number of nitrogens with two attached hydrogens (primary N) is 1. The molecule has 0 unspecified atom stereocenters. The molecule has 1 fully saturated rings. The van der Waals surface area contributed by atoms with E-state index in [1.54, 1.807) is 0 Å². The van der Waals surface area contributed by atoms with Crippen LogP contribution >= 0.6 is 11.5 Å². The van der Waals surface area contributed by atoms with Gasteiger partial charge < -0.3 is 15.5 Å². The lowest BCUT2D eigenvalue weighted by Crippen LogP contribution is -2.46. The Morgan fingerprint density at radius 2 is 1.67 bits per heavy atom. The highest BCUT2D eigenvalue weighted by molar-refractivity contribution is 7.09. The van der Waals surface area contributed by atoms with Crippen LogP contribution in [0.1, 0.15) is 25.6 Å². The molecule has 21 heavy (non-hydrogen) atoms. The standard InChI is InChI=1S/C15H21N5S/c1-11(2)14-17-15(21-18-14)20-9-7-19(8-10-20)13-5-3-12(16)4-6-13/h3-6,11H,7-10,16H2,1-2H3. The van der Waals surface area contributed by atoms with E-state index in [0.29, 0.717) is 5.92 Å². The van der Waals surface area contributed by atoms with E-state index in [1.807, 2.05) is 12.1 Å². The van der Waals surface area contributed by atoms with Gasteiger partial charge in [0.1, 0.15) is 5.82 Å². The monoisotopic (exact) mass is 303 g/mol. The molecule has 2 aromatic rings. The van der Waals surface area contributed by atoms with Crippen molar-refractivity contribution in [3.05, 3.63) is 30.1 Å². The fourth-order valence-corrected chi connectivity index (χ4v) is 3.29. The van der Waals surface area contributed by atoms with Crippen LogP contribution in [0.25, 0.3) is 0 Å². The van der Waals surface area contributed by atoms with E-state index in [9.17, 15) is 0 Å². The SMILES string of the molecule is CC(C)c1nsc(N2CCN(c3ccc(N)cc3)CC2)n1. The van der Waals surface area contributed by atoms with Crippen molar-refractivity contribution < 1.29 is 0 Å². The van der Waals surface area contributed by atoms with Gasteiger partial charge in [-0.15, -0.1) is 0 Å². The van der Waals surface area contributed by atoms with Gasteiger partial charge in [0.05, 0.1) is 0 Å².